The van der Waals surface area contributed by atoms with Crippen molar-refractivity contribution in [3.05, 3.63) is 35.2 Å². The number of ether oxygens (including phenoxy) is 1. The fraction of sp³-hybridized carbons (Fsp3) is 0.400. The molecule has 1 aromatic carbocycles. The van der Waals surface area contributed by atoms with Crippen LogP contribution in [0.5, 0.6) is 0 Å². The van der Waals surface area contributed by atoms with Gasteiger partial charge >= 0.3 is 6.09 Å². The Labute approximate surface area is 121 Å². The summed E-state index contributed by atoms with van der Waals surface area (Å²) < 4.78 is 10.2. The number of hydrogen-bond acceptors (Lipinski definition) is 5. The van der Waals surface area contributed by atoms with E-state index in [1.165, 1.54) is 5.56 Å². The van der Waals surface area contributed by atoms with Crippen LogP contribution in [0, 0.1) is 0 Å². The van der Waals surface area contributed by atoms with E-state index in [0.29, 0.717) is 18.3 Å². The maximum atomic E-state index is 11.4. The number of aryl methyl sites for hydroxylation is 2. The first-order valence-electron chi connectivity index (χ1n) is 7.11. The second-order valence-corrected chi connectivity index (χ2v) is 5.52. The van der Waals surface area contributed by atoms with Gasteiger partial charge in [-0.2, -0.15) is 4.98 Å². The van der Waals surface area contributed by atoms with Crippen molar-refractivity contribution < 1.29 is 14.1 Å². The van der Waals surface area contributed by atoms with Crippen LogP contribution in [0.15, 0.2) is 22.7 Å². The van der Waals surface area contributed by atoms with E-state index < -0.39 is 0 Å². The Morgan fingerprint density at radius 2 is 2.33 bits per heavy atom. The van der Waals surface area contributed by atoms with E-state index in [9.17, 15) is 4.79 Å². The number of rotatable bonds is 2. The molecule has 1 aliphatic carbocycles. The van der Waals surface area contributed by atoms with Crippen molar-refractivity contribution in [2.75, 3.05) is 6.61 Å². The predicted molar refractivity (Wildman–Crippen MR) is 73.6 cm³/mol. The Morgan fingerprint density at radius 3 is 3.05 bits per heavy atom. The van der Waals surface area contributed by atoms with Gasteiger partial charge in [-0.15, -0.1) is 0 Å². The molecule has 1 saturated heterocycles. The van der Waals surface area contributed by atoms with E-state index in [-0.39, 0.29) is 11.6 Å². The first-order valence-corrected chi connectivity index (χ1v) is 7.11. The van der Waals surface area contributed by atoms with Crippen LogP contribution in [0.25, 0.3) is 11.4 Å². The summed E-state index contributed by atoms with van der Waals surface area (Å²) in [5, 5.41) is 6.95. The molecule has 21 heavy (non-hydrogen) atoms. The highest BCUT2D eigenvalue weighted by Crippen LogP contribution is 2.40. The summed E-state index contributed by atoms with van der Waals surface area (Å²) in [4.78, 5) is 15.7. The SMILES string of the molecule is CCc1nc(-c2ccc3c(c2)CCC32COC(=O)N2)no1. The summed E-state index contributed by atoms with van der Waals surface area (Å²) in [7, 11) is 0. The Hall–Kier alpha value is -2.37. The molecule has 1 aromatic heterocycles. The molecule has 1 atom stereocenters. The second kappa shape index (κ2) is 4.31. The molecular weight excluding hydrogens is 270 g/mol. The smallest absolute Gasteiger partial charge is 0.408 e. The molecule has 1 fully saturated rings. The van der Waals surface area contributed by atoms with E-state index >= 15 is 0 Å². The minimum absolute atomic E-state index is 0.335. The van der Waals surface area contributed by atoms with Gasteiger partial charge < -0.3 is 14.6 Å². The van der Waals surface area contributed by atoms with Crippen molar-refractivity contribution in [1.29, 1.82) is 0 Å². The Bertz CT molecular complexity index is 725. The van der Waals surface area contributed by atoms with Gasteiger partial charge in [0.2, 0.25) is 11.7 Å². The molecule has 1 aliphatic heterocycles. The largest absolute Gasteiger partial charge is 0.447 e. The van der Waals surface area contributed by atoms with Crippen LogP contribution in [-0.2, 0) is 23.1 Å². The minimum Gasteiger partial charge on any atom is -0.447 e. The van der Waals surface area contributed by atoms with Gasteiger partial charge in [-0.05, 0) is 30.0 Å². The standard InChI is InChI=1S/C15H15N3O3/c1-2-12-16-13(18-21-12)10-3-4-11-9(7-10)5-6-15(11)8-20-14(19)17-15/h3-4,7H,2,5-6,8H2,1H3,(H,17,19). The molecule has 2 heterocycles. The van der Waals surface area contributed by atoms with Crippen LogP contribution >= 0.6 is 0 Å². The van der Waals surface area contributed by atoms with Crippen molar-refractivity contribution in [2.24, 2.45) is 0 Å². The molecule has 1 spiro atoms. The number of aromatic nitrogens is 2. The normalized spacial score (nSPS) is 23.2. The first-order chi connectivity index (χ1) is 10.2. The maximum absolute atomic E-state index is 11.4. The molecular formula is C15H15N3O3. The zero-order valence-corrected chi connectivity index (χ0v) is 11.7. The lowest BCUT2D eigenvalue weighted by Gasteiger charge is -2.21. The van der Waals surface area contributed by atoms with Crippen LogP contribution in [-0.4, -0.2) is 22.8 Å². The topological polar surface area (TPSA) is 77.2 Å². The number of nitrogens with zero attached hydrogens (tertiary/aromatic N) is 2. The van der Waals surface area contributed by atoms with E-state index in [0.717, 1.165) is 30.4 Å². The number of amides is 1. The van der Waals surface area contributed by atoms with E-state index in [1.807, 2.05) is 19.1 Å². The third-order valence-electron chi connectivity index (χ3n) is 4.26. The molecule has 4 rings (SSSR count). The molecule has 2 aromatic rings. The summed E-state index contributed by atoms with van der Waals surface area (Å²) in [5.41, 5.74) is 2.94. The summed E-state index contributed by atoms with van der Waals surface area (Å²) in [6.45, 7) is 2.38. The maximum Gasteiger partial charge on any atom is 0.408 e. The van der Waals surface area contributed by atoms with E-state index in [1.54, 1.807) is 0 Å². The molecule has 1 N–H and O–H groups in total. The Kier molecular flexibility index (Phi) is 2.54. The van der Waals surface area contributed by atoms with Gasteiger partial charge in [0.15, 0.2) is 0 Å². The predicted octanol–water partition coefficient (Wildman–Crippen LogP) is 2.18. The fourth-order valence-corrected chi connectivity index (χ4v) is 3.14. The van der Waals surface area contributed by atoms with Gasteiger partial charge in [-0.25, -0.2) is 4.79 Å². The second-order valence-electron chi connectivity index (χ2n) is 5.52. The third-order valence-corrected chi connectivity index (χ3v) is 4.26. The van der Waals surface area contributed by atoms with Gasteiger partial charge in [0.05, 0.1) is 0 Å². The van der Waals surface area contributed by atoms with Crippen LogP contribution in [0.3, 0.4) is 0 Å². The van der Waals surface area contributed by atoms with Crippen molar-refractivity contribution >= 4 is 6.09 Å². The van der Waals surface area contributed by atoms with Crippen LogP contribution in [0.1, 0.15) is 30.4 Å². The van der Waals surface area contributed by atoms with Crippen molar-refractivity contribution in [2.45, 2.75) is 31.7 Å². The van der Waals surface area contributed by atoms with Crippen molar-refractivity contribution in [3.63, 3.8) is 0 Å². The Balaban J connectivity index is 1.71. The monoisotopic (exact) mass is 285 g/mol. The number of benzene rings is 1. The fourth-order valence-electron chi connectivity index (χ4n) is 3.14. The van der Waals surface area contributed by atoms with E-state index in [4.69, 9.17) is 9.26 Å². The van der Waals surface area contributed by atoms with Crippen LogP contribution in [0.2, 0.25) is 0 Å². The average Bonchev–Trinajstić information content (AvgIpc) is 3.19. The summed E-state index contributed by atoms with van der Waals surface area (Å²) in [5.74, 6) is 1.25. The summed E-state index contributed by atoms with van der Waals surface area (Å²) in [6.07, 6.45) is 2.16. The first kappa shape index (κ1) is 12.4. The highest BCUT2D eigenvalue weighted by Gasteiger charge is 2.45. The van der Waals surface area contributed by atoms with E-state index in [2.05, 4.69) is 21.5 Å². The van der Waals surface area contributed by atoms with Gasteiger partial charge in [0.25, 0.3) is 0 Å². The molecule has 6 heteroatoms. The average molecular weight is 285 g/mol. The highest BCUT2D eigenvalue weighted by atomic mass is 16.6. The number of hydrogen-bond donors (Lipinski definition) is 1. The van der Waals surface area contributed by atoms with Gasteiger partial charge in [0.1, 0.15) is 12.1 Å². The molecule has 2 aliphatic rings. The number of cyclic esters (lactones) is 1. The zero-order chi connectivity index (χ0) is 14.4. The van der Waals surface area contributed by atoms with Crippen molar-refractivity contribution in [1.82, 2.24) is 15.5 Å². The summed E-state index contributed by atoms with van der Waals surface area (Å²) in [6, 6.07) is 6.09. The molecule has 1 unspecified atom stereocenters. The number of nitrogens with one attached hydrogen (secondary N) is 1. The molecule has 0 bridgehead atoms. The minimum atomic E-state index is -0.350. The lowest BCUT2D eigenvalue weighted by atomic mass is 9.93. The van der Waals surface area contributed by atoms with Crippen LogP contribution in [0.4, 0.5) is 4.79 Å². The summed E-state index contributed by atoms with van der Waals surface area (Å²) >= 11 is 0. The van der Waals surface area contributed by atoms with Crippen molar-refractivity contribution in [3.8, 4) is 11.4 Å². The van der Waals surface area contributed by atoms with Crippen LogP contribution < -0.4 is 5.32 Å². The molecule has 0 saturated carbocycles. The third kappa shape index (κ3) is 1.82. The number of alkyl carbamates (subject to hydrolysis) is 1. The van der Waals surface area contributed by atoms with Gasteiger partial charge in [0, 0.05) is 12.0 Å². The number of carbonyl (C=O) groups is 1. The highest BCUT2D eigenvalue weighted by molar-refractivity contribution is 5.72. The van der Waals surface area contributed by atoms with Gasteiger partial charge in [-0.3, -0.25) is 0 Å². The molecule has 0 radical (unpaired) electrons. The van der Waals surface area contributed by atoms with Gasteiger partial charge in [-0.1, -0.05) is 24.2 Å². The number of carbonyl (C=O) groups excluding carboxylic acids is 1. The molecule has 108 valence electrons. The molecule has 1 amide bonds. The number of fused-ring (bicyclic) bond motifs is 2. The lowest BCUT2D eigenvalue weighted by Crippen LogP contribution is -2.38. The quantitative estimate of drug-likeness (QED) is 0.915. The molecule has 6 nitrogen and oxygen atoms in total. The lowest BCUT2D eigenvalue weighted by molar-refractivity contribution is 0.172. The Morgan fingerprint density at radius 1 is 1.43 bits per heavy atom. The zero-order valence-electron chi connectivity index (χ0n) is 11.7.